The van der Waals surface area contributed by atoms with Crippen molar-refractivity contribution in [2.75, 3.05) is 25.7 Å². The molecule has 2 N–H and O–H groups in total. The maximum atomic E-state index is 8.36. The van der Waals surface area contributed by atoms with Crippen molar-refractivity contribution in [1.29, 1.82) is 0 Å². The third kappa shape index (κ3) is 3.23. The molecule has 3 heterocycles. The van der Waals surface area contributed by atoms with Gasteiger partial charge in [-0.15, -0.1) is 0 Å². The Morgan fingerprint density at radius 3 is 2.69 bits per heavy atom. The molecule has 0 radical (unpaired) electrons. The summed E-state index contributed by atoms with van der Waals surface area (Å²) in [4.78, 5) is 19.5. The molecule has 3 aromatic rings. The molecule has 2 aromatic heterocycles. The molecule has 1 aliphatic rings. The summed E-state index contributed by atoms with van der Waals surface area (Å²) in [5.41, 5.74) is 3.26. The number of carboxylic acid groups (broad SMARTS) is 1. The molecule has 1 aliphatic heterocycles. The summed E-state index contributed by atoms with van der Waals surface area (Å²) in [7, 11) is 3.25. The highest BCUT2D eigenvalue weighted by atomic mass is 16.5. The lowest BCUT2D eigenvalue weighted by Crippen LogP contribution is -2.30. The number of aromatic amines is 1. The molecule has 0 bridgehead atoms. The predicted molar refractivity (Wildman–Crippen MR) is 94.7 cm³/mol. The molecule has 0 fully saturated rings. The smallest absolute Gasteiger partial charge is 0.290 e. The van der Waals surface area contributed by atoms with Crippen molar-refractivity contribution in [3.05, 3.63) is 35.9 Å². The number of H-pyrrole nitrogens is 1. The summed E-state index contributed by atoms with van der Waals surface area (Å²) < 4.78 is 10.8. The number of hydrogen-bond acceptors (Lipinski definition) is 7. The highest BCUT2D eigenvalue weighted by Gasteiger charge is 2.21. The first-order valence-corrected chi connectivity index (χ1v) is 7.92. The first-order chi connectivity index (χ1) is 12.7. The van der Waals surface area contributed by atoms with Crippen molar-refractivity contribution in [2.45, 2.75) is 13.0 Å². The van der Waals surface area contributed by atoms with Crippen LogP contribution in [0.4, 0.5) is 5.82 Å². The first-order valence-electron chi connectivity index (χ1n) is 7.92. The van der Waals surface area contributed by atoms with Gasteiger partial charge in [0.2, 0.25) is 0 Å². The highest BCUT2D eigenvalue weighted by molar-refractivity contribution is 5.92. The second kappa shape index (κ2) is 7.68. The lowest BCUT2D eigenvalue weighted by atomic mass is 10.1. The number of aromatic nitrogens is 4. The Hall–Kier alpha value is -3.36. The summed E-state index contributed by atoms with van der Waals surface area (Å²) in [6.07, 6.45) is 4.40. The maximum absolute atomic E-state index is 8.36. The summed E-state index contributed by atoms with van der Waals surface area (Å²) in [6, 6.07) is 3.82. The summed E-state index contributed by atoms with van der Waals surface area (Å²) in [5, 5.41) is 15.0. The second-order valence-electron chi connectivity index (χ2n) is 5.57. The van der Waals surface area contributed by atoms with Gasteiger partial charge in [-0.2, -0.15) is 5.10 Å². The van der Waals surface area contributed by atoms with E-state index in [9.17, 15) is 0 Å². The van der Waals surface area contributed by atoms with Gasteiger partial charge in [-0.1, -0.05) is 0 Å². The van der Waals surface area contributed by atoms with Gasteiger partial charge in [-0.3, -0.25) is 9.89 Å². The molecule has 1 aromatic carbocycles. The van der Waals surface area contributed by atoms with Crippen LogP contribution in [0.25, 0.3) is 10.9 Å². The van der Waals surface area contributed by atoms with Crippen LogP contribution in [0.15, 0.2) is 24.7 Å². The first kappa shape index (κ1) is 17.5. The van der Waals surface area contributed by atoms with Gasteiger partial charge in [0.25, 0.3) is 6.47 Å². The number of nitrogens with zero attached hydrogens (tertiary/aromatic N) is 4. The Morgan fingerprint density at radius 1 is 1.23 bits per heavy atom. The van der Waals surface area contributed by atoms with E-state index in [2.05, 4.69) is 25.1 Å². The van der Waals surface area contributed by atoms with Crippen LogP contribution < -0.4 is 14.4 Å². The van der Waals surface area contributed by atoms with Crippen molar-refractivity contribution in [3.63, 3.8) is 0 Å². The van der Waals surface area contributed by atoms with Crippen LogP contribution >= 0.6 is 0 Å². The maximum Gasteiger partial charge on any atom is 0.290 e. The van der Waals surface area contributed by atoms with E-state index in [0.717, 1.165) is 36.2 Å². The minimum atomic E-state index is -0.250. The van der Waals surface area contributed by atoms with Crippen LogP contribution in [0.3, 0.4) is 0 Å². The zero-order valence-corrected chi connectivity index (χ0v) is 14.5. The van der Waals surface area contributed by atoms with Crippen LogP contribution in [-0.2, 0) is 17.8 Å². The van der Waals surface area contributed by atoms with Crippen molar-refractivity contribution in [2.24, 2.45) is 0 Å². The number of nitrogens with one attached hydrogen (secondary N) is 1. The second-order valence-corrected chi connectivity index (χ2v) is 5.57. The largest absolute Gasteiger partial charge is 0.493 e. The van der Waals surface area contributed by atoms with Crippen LogP contribution in [0, 0.1) is 0 Å². The average Bonchev–Trinajstić information content (AvgIpc) is 3.14. The molecule has 0 unspecified atom stereocenters. The van der Waals surface area contributed by atoms with Gasteiger partial charge in [0.05, 0.1) is 25.9 Å². The van der Waals surface area contributed by atoms with Crippen molar-refractivity contribution < 1.29 is 19.4 Å². The number of anilines is 1. The van der Waals surface area contributed by atoms with Gasteiger partial charge in [0, 0.05) is 42.2 Å². The van der Waals surface area contributed by atoms with Crippen molar-refractivity contribution >= 4 is 23.2 Å². The molecule has 9 heteroatoms. The Kier molecular flexibility index (Phi) is 5.16. The lowest BCUT2D eigenvalue weighted by molar-refractivity contribution is -0.122. The molecule has 0 atom stereocenters. The fourth-order valence-corrected chi connectivity index (χ4v) is 3.02. The Morgan fingerprint density at radius 2 is 1.96 bits per heavy atom. The summed E-state index contributed by atoms with van der Waals surface area (Å²) in [5.74, 6) is 2.25. The van der Waals surface area contributed by atoms with Gasteiger partial charge in [-0.05, 0) is 6.07 Å². The molecule has 0 spiro atoms. The third-order valence-corrected chi connectivity index (χ3v) is 4.22. The molecule has 26 heavy (non-hydrogen) atoms. The fourth-order valence-electron chi connectivity index (χ4n) is 3.02. The van der Waals surface area contributed by atoms with E-state index >= 15 is 0 Å². The van der Waals surface area contributed by atoms with E-state index in [1.165, 1.54) is 11.3 Å². The van der Waals surface area contributed by atoms with Crippen LogP contribution in [-0.4, -0.2) is 52.5 Å². The number of carbonyl (C=O) groups is 1. The molecule has 9 nitrogen and oxygen atoms in total. The lowest BCUT2D eigenvalue weighted by Gasteiger charge is -2.28. The zero-order valence-electron chi connectivity index (χ0n) is 14.5. The van der Waals surface area contributed by atoms with E-state index in [1.807, 2.05) is 18.3 Å². The van der Waals surface area contributed by atoms with Gasteiger partial charge < -0.3 is 19.5 Å². The van der Waals surface area contributed by atoms with E-state index < -0.39 is 0 Å². The van der Waals surface area contributed by atoms with Gasteiger partial charge in [0.1, 0.15) is 12.1 Å². The fraction of sp³-hybridized carbons (Fsp3) is 0.294. The molecule has 0 amide bonds. The standard InChI is InChI=1S/C16H17N5O2.CH2O2/c1-22-14-5-11-13(6-15(14)23-2)17-9-18-16(11)21-4-3-12-10(8-21)7-19-20-12;2-1-3/h5-7,9H,3-4,8H2,1-2H3,(H,19,20);1H,(H,2,3). The number of fused-ring (bicyclic) bond motifs is 2. The van der Waals surface area contributed by atoms with Gasteiger partial charge in [0.15, 0.2) is 11.5 Å². The zero-order chi connectivity index (χ0) is 18.5. The Labute approximate surface area is 149 Å². The van der Waals surface area contributed by atoms with E-state index in [0.29, 0.717) is 11.5 Å². The SMILES string of the molecule is COc1cc2ncnc(N3CCc4[nH]ncc4C3)c2cc1OC.O=CO. The third-order valence-electron chi connectivity index (χ3n) is 4.22. The van der Waals surface area contributed by atoms with Gasteiger partial charge in [-0.25, -0.2) is 9.97 Å². The number of rotatable bonds is 3. The number of hydrogen-bond donors (Lipinski definition) is 2. The molecule has 0 saturated heterocycles. The van der Waals surface area contributed by atoms with Crippen molar-refractivity contribution in [1.82, 2.24) is 20.2 Å². The normalized spacial score (nSPS) is 12.8. The molecule has 0 saturated carbocycles. The van der Waals surface area contributed by atoms with E-state index in [-0.39, 0.29) is 6.47 Å². The van der Waals surface area contributed by atoms with Crippen molar-refractivity contribution in [3.8, 4) is 11.5 Å². The monoisotopic (exact) mass is 357 g/mol. The molecular formula is C17H19N5O4. The van der Waals surface area contributed by atoms with Crippen LogP contribution in [0.1, 0.15) is 11.3 Å². The Balaban J connectivity index is 0.000000613. The molecular weight excluding hydrogens is 338 g/mol. The predicted octanol–water partition coefficient (Wildman–Crippen LogP) is 1.63. The van der Waals surface area contributed by atoms with Crippen LogP contribution in [0.2, 0.25) is 0 Å². The molecule has 136 valence electrons. The number of methoxy groups -OCH3 is 2. The topological polar surface area (TPSA) is 113 Å². The molecule has 4 rings (SSSR count). The van der Waals surface area contributed by atoms with Gasteiger partial charge >= 0.3 is 0 Å². The Bertz CT molecular complexity index is 911. The number of ether oxygens (including phenoxy) is 2. The summed E-state index contributed by atoms with van der Waals surface area (Å²) >= 11 is 0. The highest BCUT2D eigenvalue weighted by Crippen LogP contribution is 2.35. The molecule has 0 aliphatic carbocycles. The quantitative estimate of drug-likeness (QED) is 0.680. The average molecular weight is 357 g/mol. The number of benzene rings is 1. The van der Waals surface area contributed by atoms with Crippen LogP contribution in [0.5, 0.6) is 11.5 Å². The van der Waals surface area contributed by atoms with E-state index in [4.69, 9.17) is 19.4 Å². The minimum Gasteiger partial charge on any atom is -0.493 e. The van der Waals surface area contributed by atoms with E-state index in [1.54, 1.807) is 20.5 Å². The minimum absolute atomic E-state index is 0.250. The summed E-state index contributed by atoms with van der Waals surface area (Å²) in [6.45, 7) is 1.42.